The van der Waals surface area contributed by atoms with Gasteiger partial charge in [-0.05, 0) is 30.3 Å². The molecular formula is C17H15N3O. The molecule has 0 radical (unpaired) electrons. The molecule has 104 valence electrons. The van der Waals surface area contributed by atoms with Gasteiger partial charge >= 0.3 is 0 Å². The number of aromatic nitrogens is 1. The van der Waals surface area contributed by atoms with E-state index in [1.807, 2.05) is 42.5 Å². The van der Waals surface area contributed by atoms with Crippen LogP contribution < -0.4 is 15.8 Å². The van der Waals surface area contributed by atoms with Crippen LogP contribution in [0, 0.1) is 0 Å². The van der Waals surface area contributed by atoms with Crippen LogP contribution in [0.5, 0.6) is 5.75 Å². The third-order valence-electron chi connectivity index (χ3n) is 3.83. The van der Waals surface area contributed by atoms with Gasteiger partial charge in [-0.15, -0.1) is 0 Å². The Morgan fingerprint density at radius 1 is 1.10 bits per heavy atom. The highest BCUT2D eigenvalue weighted by molar-refractivity contribution is 5.98. The van der Waals surface area contributed by atoms with Gasteiger partial charge in [0.1, 0.15) is 12.4 Å². The van der Waals surface area contributed by atoms with Gasteiger partial charge in [0.2, 0.25) is 0 Å². The zero-order chi connectivity index (χ0) is 14.2. The molecule has 0 bridgehead atoms. The summed E-state index contributed by atoms with van der Waals surface area (Å²) in [5.74, 6) is 0.947. The summed E-state index contributed by atoms with van der Waals surface area (Å²) in [5.41, 5.74) is 9.81. The Hall–Kier alpha value is -2.75. The van der Waals surface area contributed by atoms with Crippen molar-refractivity contribution in [2.45, 2.75) is 6.04 Å². The van der Waals surface area contributed by atoms with Gasteiger partial charge in [0.15, 0.2) is 0 Å². The van der Waals surface area contributed by atoms with Crippen molar-refractivity contribution in [3.8, 4) is 5.75 Å². The standard InChI is InChI=1S/C17H15N3O/c18-13-7-8-14(17-11(13)5-3-9-19-17)20-15-10-21-16-6-2-1-4-12(15)16/h1-9,15,20H,10,18H2. The highest BCUT2D eigenvalue weighted by Gasteiger charge is 2.24. The van der Waals surface area contributed by atoms with Crippen molar-refractivity contribution in [2.75, 3.05) is 17.7 Å². The van der Waals surface area contributed by atoms with Crippen LogP contribution in [0.15, 0.2) is 54.7 Å². The zero-order valence-electron chi connectivity index (χ0n) is 11.4. The molecule has 1 unspecified atom stereocenters. The summed E-state index contributed by atoms with van der Waals surface area (Å²) in [4.78, 5) is 4.46. The molecule has 4 heteroatoms. The normalized spacial score (nSPS) is 16.5. The van der Waals surface area contributed by atoms with Crippen LogP contribution in [0.3, 0.4) is 0 Å². The number of pyridine rings is 1. The highest BCUT2D eigenvalue weighted by Crippen LogP contribution is 2.36. The predicted molar refractivity (Wildman–Crippen MR) is 84.5 cm³/mol. The van der Waals surface area contributed by atoms with Gasteiger partial charge < -0.3 is 15.8 Å². The monoisotopic (exact) mass is 277 g/mol. The molecule has 1 aliphatic rings. The lowest BCUT2D eigenvalue weighted by atomic mass is 10.1. The minimum atomic E-state index is 0.134. The third-order valence-corrected chi connectivity index (χ3v) is 3.83. The maximum absolute atomic E-state index is 6.02. The van der Waals surface area contributed by atoms with Crippen molar-refractivity contribution in [1.82, 2.24) is 4.98 Å². The number of anilines is 2. The summed E-state index contributed by atoms with van der Waals surface area (Å²) in [5, 5.41) is 4.49. The number of benzene rings is 2. The van der Waals surface area contributed by atoms with Crippen molar-refractivity contribution in [1.29, 1.82) is 0 Å². The average Bonchev–Trinajstić information content (AvgIpc) is 2.94. The number of nitrogens with zero attached hydrogens (tertiary/aromatic N) is 1. The van der Waals surface area contributed by atoms with Crippen LogP contribution >= 0.6 is 0 Å². The molecule has 4 rings (SSSR count). The molecule has 2 heterocycles. The summed E-state index contributed by atoms with van der Waals surface area (Å²) in [6, 6.07) is 16.0. The molecule has 1 aromatic heterocycles. The molecule has 1 atom stereocenters. The van der Waals surface area contributed by atoms with E-state index >= 15 is 0 Å². The number of rotatable bonds is 2. The molecule has 0 saturated carbocycles. The van der Waals surface area contributed by atoms with Crippen molar-refractivity contribution < 1.29 is 4.74 Å². The lowest BCUT2D eigenvalue weighted by Gasteiger charge is -2.15. The first-order valence-corrected chi connectivity index (χ1v) is 6.94. The number of hydrogen-bond donors (Lipinski definition) is 2. The first-order chi connectivity index (χ1) is 10.3. The minimum Gasteiger partial charge on any atom is -0.491 e. The molecule has 3 aromatic rings. The molecule has 3 N–H and O–H groups in total. The maximum atomic E-state index is 6.02. The van der Waals surface area contributed by atoms with Crippen LogP contribution in [0.2, 0.25) is 0 Å². The van der Waals surface area contributed by atoms with Gasteiger partial charge in [0.05, 0.1) is 17.2 Å². The Bertz CT molecular complexity index is 816. The Morgan fingerprint density at radius 3 is 2.95 bits per heavy atom. The number of nitrogen functional groups attached to an aromatic ring is 1. The van der Waals surface area contributed by atoms with E-state index < -0.39 is 0 Å². The maximum Gasteiger partial charge on any atom is 0.124 e. The second kappa shape index (κ2) is 4.66. The first-order valence-electron chi connectivity index (χ1n) is 6.94. The summed E-state index contributed by atoms with van der Waals surface area (Å²) in [6.07, 6.45) is 1.78. The lowest BCUT2D eigenvalue weighted by molar-refractivity contribution is 0.340. The second-order valence-electron chi connectivity index (χ2n) is 5.15. The quantitative estimate of drug-likeness (QED) is 0.705. The Morgan fingerprint density at radius 2 is 2.00 bits per heavy atom. The Labute approximate surface area is 122 Å². The van der Waals surface area contributed by atoms with Crippen LogP contribution in [-0.2, 0) is 0 Å². The van der Waals surface area contributed by atoms with Crippen LogP contribution in [-0.4, -0.2) is 11.6 Å². The molecule has 21 heavy (non-hydrogen) atoms. The van der Waals surface area contributed by atoms with E-state index in [0.29, 0.717) is 6.61 Å². The summed E-state index contributed by atoms with van der Waals surface area (Å²) < 4.78 is 5.71. The van der Waals surface area contributed by atoms with Gasteiger partial charge in [-0.2, -0.15) is 0 Å². The summed E-state index contributed by atoms with van der Waals surface area (Å²) in [6.45, 7) is 0.623. The third kappa shape index (κ3) is 1.96. The van der Waals surface area contributed by atoms with E-state index in [-0.39, 0.29) is 6.04 Å². The van der Waals surface area contributed by atoms with Crippen molar-refractivity contribution in [2.24, 2.45) is 0 Å². The lowest BCUT2D eigenvalue weighted by Crippen LogP contribution is -2.12. The minimum absolute atomic E-state index is 0.134. The van der Waals surface area contributed by atoms with Gasteiger partial charge in [0, 0.05) is 22.8 Å². The average molecular weight is 277 g/mol. The topological polar surface area (TPSA) is 60.2 Å². The fourth-order valence-electron chi connectivity index (χ4n) is 2.78. The van der Waals surface area contributed by atoms with Crippen molar-refractivity contribution in [3.63, 3.8) is 0 Å². The van der Waals surface area contributed by atoms with Crippen molar-refractivity contribution >= 4 is 22.3 Å². The van der Waals surface area contributed by atoms with Crippen molar-refractivity contribution in [3.05, 3.63) is 60.3 Å². The number of ether oxygens (including phenoxy) is 1. The molecule has 0 aliphatic carbocycles. The largest absolute Gasteiger partial charge is 0.491 e. The molecule has 0 fully saturated rings. The Balaban J connectivity index is 1.75. The van der Waals surface area contributed by atoms with E-state index in [9.17, 15) is 0 Å². The number of hydrogen-bond acceptors (Lipinski definition) is 4. The first kappa shape index (κ1) is 12.0. The SMILES string of the molecule is Nc1ccc(NC2COc3ccccc32)c2ncccc12. The zero-order valence-corrected chi connectivity index (χ0v) is 11.4. The fourth-order valence-corrected chi connectivity index (χ4v) is 2.78. The second-order valence-corrected chi connectivity index (χ2v) is 5.15. The number of fused-ring (bicyclic) bond motifs is 2. The predicted octanol–water partition coefficient (Wildman–Crippen LogP) is 3.36. The molecular weight excluding hydrogens is 262 g/mol. The molecule has 1 aliphatic heterocycles. The Kier molecular flexibility index (Phi) is 2.67. The van der Waals surface area contributed by atoms with E-state index in [1.54, 1.807) is 6.20 Å². The van der Waals surface area contributed by atoms with Crippen LogP contribution in [0.1, 0.15) is 11.6 Å². The van der Waals surface area contributed by atoms with Gasteiger partial charge in [0.25, 0.3) is 0 Å². The molecule has 0 spiro atoms. The summed E-state index contributed by atoms with van der Waals surface area (Å²) in [7, 11) is 0. The van der Waals surface area contributed by atoms with Gasteiger partial charge in [-0.1, -0.05) is 18.2 Å². The number of para-hydroxylation sites is 1. The van der Waals surface area contributed by atoms with Crippen LogP contribution in [0.4, 0.5) is 11.4 Å². The van der Waals surface area contributed by atoms with Gasteiger partial charge in [-0.25, -0.2) is 0 Å². The molecule has 0 saturated heterocycles. The smallest absolute Gasteiger partial charge is 0.124 e. The fraction of sp³-hybridized carbons (Fsp3) is 0.118. The van der Waals surface area contributed by atoms with E-state index in [2.05, 4.69) is 16.4 Å². The van der Waals surface area contributed by atoms with E-state index in [0.717, 1.165) is 28.0 Å². The summed E-state index contributed by atoms with van der Waals surface area (Å²) >= 11 is 0. The number of nitrogens with two attached hydrogens (primary N) is 1. The van der Waals surface area contributed by atoms with E-state index in [4.69, 9.17) is 10.5 Å². The number of nitrogens with one attached hydrogen (secondary N) is 1. The molecule has 0 amide bonds. The van der Waals surface area contributed by atoms with Gasteiger partial charge in [-0.3, -0.25) is 4.98 Å². The highest BCUT2D eigenvalue weighted by atomic mass is 16.5. The molecule has 4 nitrogen and oxygen atoms in total. The molecule has 2 aromatic carbocycles. The van der Waals surface area contributed by atoms with E-state index in [1.165, 1.54) is 5.56 Å². The van der Waals surface area contributed by atoms with Crippen LogP contribution in [0.25, 0.3) is 10.9 Å².